The highest BCUT2D eigenvalue weighted by atomic mass is 16.5. The van der Waals surface area contributed by atoms with Crippen molar-refractivity contribution in [3.63, 3.8) is 0 Å². The molecule has 3 atom stereocenters. The zero-order chi connectivity index (χ0) is 16.0. The second-order valence-corrected chi connectivity index (χ2v) is 5.09. The van der Waals surface area contributed by atoms with E-state index >= 15 is 0 Å². The van der Waals surface area contributed by atoms with Crippen molar-refractivity contribution >= 4 is 17.1 Å². The van der Waals surface area contributed by atoms with Gasteiger partial charge in [0.1, 0.15) is 12.3 Å². The summed E-state index contributed by atoms with van der Waals surface area (Å²) in [5.41, 5.74) is 4.60. The summed E-state index contributed by atoms with van der Waals surface area (Å²) in [6.45, 7) is -0.382. The summed E-state index contributed by atoms with van der Waals surface area (Å²) in [5.74, 6) is -0.0732. The third kappa shape index (κ3) is 2.08. The lowest BCUT2D eigenvalue weighted by molar-refractivity contribution is -0.0442. The number of aromatic nitrogens is 4. The maximum Gasteiger partial charge on any atom is 0.282 e. The molecule has 0 bridgehead atoms. The Morgan fingerprint density at radius 1 is 1.50 bits per heavy atom. The Balaban J connectivity index is 2.24. The number of anilines is 1. The van der Waals surface area contributed by atoms with Crippen molar-refractivity contribution in [1.82, 2.24) is 19.1 Å². The molecule has 0 aliphatic carbocycles. The second kappa shape index (κ2) is 5.16. The highest BCUT2D eigenvalue weighted by molar-refractivity contribution is 5.70. The normalized spacial score (nSPS) is 25.0. The molecule has 22 heavy (non-hydrogen) atoms. The summed E-state index contributed by atoms with van der Waals surface area (Å²) in [4.78, 5) is 32.1. The lowest BCUT2D eigenvalue weighted by atomic mass is 10.2. The number of hydrogen-bond acceptors (Lipinski definition) is 8. The second-order valence-electron chi connectivity index (χ2n) is 5.09. The number of nitrogens with two attached hydrogens (primary N) is 1. The average Bonchev–Trinajstić information content (AvgIpc) is 2.85. The van der Waals surface area contributed by atoms with Crippen LogP contribution in [0.25, 0.3) is 11.2 Å². The van der Waals surface area contributed by atoms with Crippen LogP contribution in [0.4, 0.5) is 5.95 Å². The molecule has 3 heterocycles. The zero-order valence-electron chi connectivity index (χ0n) is 11.7. The number of nitrogen functional groups attached to an aromatic ring is 1. The maximum atomic E-state index is 12.1. The summed E-state index contributed by atoms with van der Waals surface area (Å²) in [5, 5.41) is 18.9. The smallest absolute Gasteiger partial charge is 0.282 e. The fraction of sp³-hybridized carbons (Fsp3) is 0.500. The van der Waals surface area contributed by atoms with Gasteiger partial charge < -0.3 is 20.7 Å². The number of nitrogens with zero attached hydrogens (tertiary/aromatic N) is 4. The average molecular weight is 309 g/mol. The third-order valence-corrected chi connectivity index (χ3v) is 3.72. The molecular weight excluding hydrogens is 294 g/mol. The fourth-order valence-corrected chi connectivity index (χ4v) is 2.48. The van der Waals surface area contributed by atoms with Crippen LogP contribution in [0.15, 0.2) is 15.8 Å². The SMILES string of the molecule is Cn1c(N)nc2c(ncc(=O)n2[C@H]2C[C@@H](O)[C@@H](CO)O2)c1=O. The highest BCUT2D eigenvalue weighted by Crippen LogP contribution is 2.28. The number of ether oxygens (including phenoxy) is 1. The molecule has 1 aliphatic heterocycles. The molecule has 0 saturated carbocycles. The van der Waals surface area contributed by atoms with E-state index in [1.165, 1.54) is 7.05 Å². The van der Waals surface area contributed by atoms with Gasteiger partial charge in [-0.05, 0) is 0 Å². The van der Waals surface area contributed by atoms with Gasteiger partial charge in [0.2, 0.25) is 5.95 Å². The molecule has 0 unspecified atom stereocenters. The molecule has 1 aliphatic rings. The van der Waals surface area contributed by atoms with Gasteiger partial charge in [0.25, 0.3) is 11.1 Å². The van der Waals surface area contributed by atoms with Gasteiger partial charge in [-0.2, -0.15) is 4.98 Å². The van der Waals surface area contributed by atoms with Crippen molar-refractivity contribution in [2.45, 2.75) is 24.9 Å². The first-order valence-electron chi connectivity index (χ1n) is 6.62. The van der Waals surface area contributed by atoms with Crippen LogP contribution in [0.3, 0.4) is 0 Å². The molecule has 2 aromatic rings. The summed E-state index contributed by atoms with van der Waals surface area (Å²) in [6.07, 6.45) is -1.51. The Bertz CT molecular complexity index is 844. The van der Waals surface area contributed by atoms with Gasteiger partial charge in [-0.15, -0.1) is 0 Å². The minimum Gasteiger partial charge on any atom is -0.394 e. The predicted molar refractivity (Wildman–Crippen MR) is 75.1 cm³/mol. The number of rotatable bonds is 2. The molecule has 4 N–H and O–H groups in total. The van der Waals surface area contributed by atoms with Crippen molar-refractivity contribution in [2.75, 3.05) is 12.3 Å². The van der Waals surface area contributed by atoms with Gasteiger partial charge in [-0.1, -0.05) is 0 Å². The lowest BCUT2D eigenvalue weighted by Gasteiger charge is -2.16. The highest BCUT2D eigenvalue weighted by Gasteiger charge is 2.36. The molecule has 0 aromatic carbocycles. The van der Waals surface area contributed by atoms with E-state index in [2.05, 4.69) is 9.97 Å². The van der Waals surface area contributed by atoms with Crippen molar-refractivity contribution in [3.05, 3.63) is 26.9 Å². The van der Waals surface area contributed by atoms with Gasteiger partial charge in [0.05, 0.1) is 18.9 Å². The molecule has 2 aromatic heterocycles. The molecular formula is C12H15N5O5. The molecule has 1 fully saturated rings. The first-order chi connectivity index (χ1) is 10.4. The lowest BCUT2D eigenvalue weighted by Crippen LogP contribution is -2.31. The van der Waals surface area contributed by atoms with Crippen LogP contribution >= 0.6 is 0 Å². The molecule has 10 nitrogen and oxygen atoms in total. The number of fused-ring (bicyclic) bond motifs is 1. The Hall–Kier alpha value is -2.30. The van der Waals surface area contributed by atoms with Crippen LogP contribution in [0.2, 0.25) is 0 Å². The molecule has 0 spiro atoms. The minimum atomic E-state index is -0.922. The number of aliphatic hydroxyl groups excluding tert-OH is 2. The Labute approximate surface area is 123 Å². The molecule has 0 amide bonds. The van der Waals surface area contributed by atoms with E-state index < -0.39 is 29.6 Å². The standard InChI is InChI=1S/C12H15N5O5/c1-16-11(21)9-10(15-12(16)13)17(7(20)3-14-9)8-2-5(19)6(4-18)22-8/h3,5-6,8,18-19H,2,4H2,1H3,(H2,13,15)/t5-,6-,8-/m1/s1. The quantitative estimate of drug-likeness (QED) is 0.562. The Kier molecular flexibility index (Phi) is 3.43. The molecule has 3 rings (SSSR count). The van der Waals surface area contributed by atoms with Crippen molar-refractivity contribution in [3.8, 4) is 0 Å². The summed E-state index contributed by atoms with van der Waals surface area (Å²) in [7, 11) is 1.44. The molecule has 10 heteroatoms. The van der Waals surface area contributed by atoms with E-state index in [0.717, 1.165) is 15.3 Å². The number of hydrogen-bond donors (Lipinski definition) is 3. The van der Waals surface area contributed by atoms with Crippen LogP contribution in [-0.4, -0.2) is 48.1 Å². The van der Waals surface area contributed by atoms with Crippen LogP contribution in [-0.2, 0) is 11.8 Å². The number of aliphatic hydroxyl groups is 2. The summed E-state index contributed by atoms with van der Waals surface area (Å²) >= 11 is 0. The van der Waals surface area contributed by atoms with Crippen molar-refractivity contribution < 1.29 is 14.9 Å². The predicted octanol–water partition coefficient (Wildman–Crippen LogP) is -2.29. The van der Waals surface area contributed by atoms with E-state index in [-0.39, 0.29) is 30.1 Å². The van der Waals surface area contributed by atoms with E-state index in [1.54, 1.807) is 0 Å². The largest absolute Gasteiger partial charge is 0.394 e. The topological polar surface area (TPSA) is 145 Å². The van der Waals surface area contributed by atoms with Crippen LogP contribution in [0, 0.1) is 0 Å². The first-order valence-corrected chi connectivity index (χ1v) is 6.62. The van der Waals surface area contributed by atoms with Crippen LogP contribution in [0.5, 0.6) is 0 Å². The van der Waals surface area contributed by atoms with Gasteiger partial charge in [0, 0.05) is 13.5 Å². The summed E-state index contributed by atoms with van der Waals surface area (Å²) < 4.78 is 7.69. The third-order valence-electron chi connectivity index (χ3n) is 3.72. The minimum absolute atomic E-state index is 0.0103. The zero-order valence-corrected chi connectivity index (χ0v) is 11.7. The van der Waals surface area contributed by atoms with Gasteiger partial charge in [0.15, 0.2) is 11.2 Å². The van der Waals surface area contributed by atoms with E-state index in [1.807, 2.05) is 0 Å². The van der Waals surface area contributed by atoms with Gasteiger partial charge >= 0.3 is 0 Å². The van der Waals surface area contributed by atoms with E-state index in [0.29, 0.717) is 0 Å². The summed E-state index contributed by atoms with van der Waals surface area (Å²) in [6, 6.07) is 0. The Morgan fingerprint density at radius 3 is 2.86 bits per heavy atom. The molecule has 118 valence electrons. The molecule has 1 saturated heterocycles. The van der Waals surface area contributed by atoms with Crippen molar-refractivity contribution in [2.24, 2.45) is 7.05 Å². The van der Waals surface area contributed by atoms with E-state index in [4.69, 9.17) is 15.6 Å². The Morgan fingerprint density at radius 2 is 2.23 bits per heavy atom. The first kappa shape index (κ1) is 14.6. The maximum absolute atomic E-state index is 12.1. The van der Waals surface area contributed by atoms with Gasteiger partial charge in [-0.3, -0.25) is 18.7 Å². The van der Waals surface area contributed by atoms with E-state index in [9.17, 15) is 14.7 Å². The fourth-order valence-electron chi connectivity index (χ4n) is 2.48. The van der Waals surface area contributed by atoms with Crippen molar-refractivity contribution in [1.29, 1.82) is 0 Å². The molecule has 0 radical (unpaired) electrons. The van der Waals surface area contributed by atoms with Gasteiger partial charge in [-0.25, -0.2) is 4.98 Å². The van der Waals surface area contributed by atoms with Crippen LogP contribution < -0.4 is 16.9 Å². The monoisotopic (exact) mass is 309 g/mol. The van der Waals surface area contributed by atoms with Crippen LogP contribution in [0.1, 0.15) is 12.6 Å².